The molecule has 0 fully saturated rings. The number of thioether (sulfide) groups is 1. The van der Waals surface area contributed by atoms with Gasteiger partial charge in [-0.2, -0.15) is 0 Å². The van der Waals surface area contributed by atoms with Gasteiger partial charge >= 0.3 is 5.97 Å². The fourth-order valence-electron chi connectivity index (χ4n) is 0.721. The lowest BCUT2D eigenvalue weighted by molar-refractivity contribution is -0.131. The summed E-state index contributed by atoms with van der Waals surface area (Å²) in [5.41, 5.74) is 0. The maximum atomic E-state index is 10.2. The summed E-state index contributed by atoms with van der Waals surface area (Å²) in [5, 5.41) is 10.8. The van der Waals surface area contributed by atoms with E-state index in [0.29, 0.717) is 10.0 Å². The Kier molecular flexibility index (Phi) is 4.32. The highest BCUT2D eigenvalue weighted by atomic mass is 35.5. The van der Waals surface area contributed by atoms with Gasteiger partial charge in [-0.3, -0.25) is 0 Å². The second-order valence-electron chi connectivity index (χ2n) is 2.33. The Morgan fingerprint density at radius 3 is 2.64 bits per heavy atom. The molecule has 0 aliphatic rings. The molecule has 0 radical (unpaired) electrons. The Labute approximate surface area is 95.5 Å². The van der Waals surface area contributed by atoms with Crippen LogP contribution in [-0.2, 0) is 4.79 Å². The van der Waals surface area contributed by atoms with E-state index in [1.165, 1.54) is 17.2 Å². The summed E-state index contributed by atoms with van der Waals surface area (Å²) in [4.78, 5) is 11.0. The molecule has 1 aromatic rings. The molecule has 0 spiro atoms. The highest BCUT2D eigenvalue weighted by Gasteiger charge is 1.98. The Hall–Kier alpha value is -0.640. The van der Waals surface area contributed by atoms with Gasteiger partial charge in [-0.25, -0.2) is 4.79 Å². The van der Waals surface area contributed by atoms with Crippen LogP contribution in [0.15, 0.2) is 34.6 Å². The molecule has 0 saturated carbocycles. The minimum atomic E-state index is -0.974. The monoisotopic (exact) mass is 248 g/mol. The number of benzene rings is 1. The van der Waals surface area contributed by atoms with Gasteiger partial charge < -0.3 is 5.11 Å². The zero-order valence-corrected chi connectivity index (χ0v) is 9.23. The molecule has 1 rings (SSSR count). The third-order valence-electron chi connectivity index (χ3n) is 1.31. The third kappa shape index (κ3) is 3.62. The summed E-state index contributed by atoms with van der Waals surface area (Å²) in [7, 11) is 0. The molecule has 74 valence electrons. The average molecular weight is 249 g/mol. The van der Waals surface area contributed by atoms with Crippen LogP contribution in [0.4, 0.5) is 0 Å². The van der Waals surface area contributed by atoms with Crippen LogP contribution in [0.2, 0.25) is 10.0 Å². The Morgan fingerprint density at radius 2 is 2.07 bits per heavy atom. The van der Waals surface area contributed by atoms with Crippen LogP contribution in [0.1, 0.15) is 0 Å². The van der Waals surface area contributed by atoms with Crippen molar-refractivity contribution in [2.75, 3.05) is 0 Å². The lowest BCUT2D eigenvalue weighted by Crippen LogP contribution is -1.84. The standard InChI is InChI=1S/C9H6Cl2O2S/c10-7-2-1-6(5-8(7)11)14-4-3-9(12)13/h1-5H,(H,12,13). The number of carboxylic acids is 1. The average Bonchev–Trinajstić information content (AvgIpc) is 2.10. The quantitative estimate of drug-likeness (QED) is 0.655. The first-order chi connectivity index (χ1) is 6.59. The van der Waals surface area contributed by atoms with Crippen molar-refractivity contribution in [2.45, 2.75) is 4.90 Å². The smallest absolute Gasteiger partial charge is 0.328 e. The van der Waals surface area contributed by atoms with Crippen molar-refractivity contribution in [3.8, 4) is 0 Å². The number of aliphatic carboxylic acids is 1. The minimum Gasteiger partial charge on any atom is -0.478 e. The van der Waals surface area contributed by atoms with E-state index in [1.807, 2.05) is 0 Å². The Bertz CT molecular complexity index is 377. The number of rotatable bonds is 3. The van der Waals surface area contributed by atoms with E-state index in [9.17, 15) is 4.79 Å². The Morgan fingerprint density at radius 1 is 1.36 bits per heavy atom. The second-order valence-corrected chi connectivity index (χ2v) is 4.13. The second kappa shape index (κ2) is 5.29. The first-order valence-corrected chi connectivity index (χ1v) is 5.24. The SMILES string of the molecule is O=C(O)C=CSc1ccc(Cl)c(Cl)c1. The molecule has 0 unspecified atom stereocenters. The molecule has 0 aromatic heterocycles. The molecule has 0 aliphatic carbocycles. The predicted octanol–water partition coefficient (Wildman–Crippen LogP) is 3.68. The van der Waals surface area contributed by atoms with E-state index in [0.717, 1.165) is 11.0 Å². The summed E-state index contributed by atoms with van der Waals surface area (Å²) >= 11 is 12.7. The van der Waals surface area contributed by atoms with Crippen LogP contribution in [0, 0.1) is 0 Å². The van der Waals surface area contributed by atoms with E-state index in [2.05, 4.69) is 0 Å². The summed E-state index contributed by atoms with van der Waals surface area (Å²) in [6, 6.07) is 5.12. The van der Waals surface area contributed by atoms with Crippen LogP contribution in [0.5, 0.6) is 0 Å². The maximum Gasteiger partial charge on any atom is 0.328 e. The van der Waals surface area contributed by atoms with Gasteiger partial charge in [-0.15, -0.1) is 0 Å². The van der Waals surface area contributed by atoms with E-state index in [1.54, 1.807) is 18.2 Å². The third-order valence-corrected chi connectivity index (χ3v) is 2.84. The first-order valence-electron chi connectivity index (χ1n) is 3.61. The minimum absolute atomic E-state index is 0.459. The fraction of sp³-hybridized carbons (Fsp3) is 0. The van der Waals surface area contributed by atoms with Gasteiger partial charge in [0.05, 0.1) is 10.0 Å². The molecule has 0 saturated heterocycles. The molecular weight excluding hydrogens is 243 g/mol. The molecule has 0 amide bonds. The van der Waals surface area contributed by atoms with Crippen molar-refractivity contribution in [3.63, 3.8) is 0 Å². The molecule has 14 heavy (non-hydrogen) atoms. The van der Waals surface area contributed by atoms with Crippen molar-refractivity contribution >= 4 is 40.9 Å². The molecule has 0 heterocycles. The lowest BCUT2D eigenvalue weighted by atomic mass is 10.4. The number of carbonyl (C=O) groups is 1. The predicted molar refractivity (Wildman–Crippen MR) is 59.1 cm³/mol. The van der Waals surface area contributed by atoms with Crippen molar-refractivity contribution in [1.29, 1.82) is 0 Å². The lowest BCUT2D eigenvalue weighted by Gasteiger charge is -1.98. The van der Waals surface area contributed by atoms with E-state index in [-0.39, 0.29) is 0 Å². The zero-order chi connectivity index (χ0) is 10.6. The fourth-order valence-corrected chi connectivity index (χ4v) is 1.76. The van der Waals surface area contributed by atoms with Crippen LogP contribution in [0.25, 0.3) is 0 Å². The number of carboxylic acid groups (broad SMARTS) is 1. The van der Waals surface area contributed by atoms with Gasteiger partial charge in [0.2, 0.25) is 0 Å². The number of hydrogen-bond donors (Lipinski definition) is 1. The van der Waals surface area contributed by atoms with Crippen molar-refractivity contribution in [2.24, 2.45) is 0 Å². The summed E-state index contributed by atoms with van der Waals surface area (Å²) < 4.78 is 0. The van der Waals surface area contributed by atoms with Gasteiger partial charge in [0.15, 0.2) is 0 Å². The van der Waals surface area contributed by atoms with Gasteiger partial charge in [0.25, 0.3) is 0 Å². The van der Waals surface area contributed by atoms with Crippen molar-refractivity contribution in [1.82, 2.24) is 0 Å². The highest BCUT2D eigenvalue weighted by Crippen LogP contribution is 2.28. The maximum absolute atomic E-state index is 10.2. The van der Waals surface area contributed by atoms with Crippen LogP contribution >= 0.6 is 35.0 Å². The molecule has 0 bridgehead atoms. The summed E-state index contributed by atoms with van der Waals surface area (Å²) in [6.07, 6.45) is 1.06. The molecule has 0 aliphatic heterocycles. The van der Waals surface area contributed by atoms with Crippen LogP contribution < -0.4 is 0 Å². The zero-order valence-electron chi connectivity index (χ0n) is 6.91. The summed E-state index contributed by atoms with van der Waals surface area (Å²) in [6.45, 7) is 0. The molecule has 1 aromatic carbocycles. The van der Waals surface area contributed by atoms with Gasteiger partial charge in [0.1, 0.15) is 0 Å². The van der Waals surface area contributed by atoms with Gasteiger partial charge in [0, 0.05) is 11.0 Å². The summed E-state index contributed by atoms with van der Waals surface area (Å²) in [5.74, 6) is -0.974. The highest BCUT2D eigenvalue weighted by molar-refractivity contribution is 8.02. The molecule has 2 nitrogen and oxygen atoms in total. The van der Waals surface area contributed by atoms with E-state index >= 15 is 0 Å². The molecule has 1 N–H and O–H groups in total. The van der Waals surface area contributed by atoms with Crippen LogP contribution in [-0.4, -0.2) is 11.1 Å². The molecular formula is C9H6Cl2O2S. The van der Waals surface area contributed by atoms with E-state index < -0.39 is 5.97 Å². The van der Waals surface area contributed by atoms with Crippen molar-refractivity contribution in [3.05, 3.63) is 39.7 Å². The first kappa shape index (κ1) is 11.4. The normalized spacial score (nSPS) is 10.7. The number of hydrogen-bond acceptors (Lipinski definition) is 2. The Balaban J connectivity index is 2.69. The number of halogens is 2. The van der Waals surface area contributed by atoms with Crippen molar-refractivity contribution < 1.29 is 9.90 Å². The van der Waals surface area contributed by atoms with Gasteiger partial charge in [-0.1, -0.05) is 35.0 Å². The van der Waals surface area contributed by atoms with Crippen LogP contribution in [0.3, 0.4) is 0 Å². The topological polar surface area (TPSA) is 37.3 Å². The largest absolute Gasteiger partial charge is 0.478 e. The van der Waals surface area contributed by atoms with Gasteiger partial charge in [-0.05, 0) is 23.6 Å². The molecule has 0 atom stereocenters. The molecule has 5 heteroatoms. The van der Waals surface area contributed by atoms with E-state index in [4.69, 9.17) is 28.3 Å².